The molecule has 0 bridgehead atoms. The van der Waals surface area contributed by atoms with Crippen LogP contribution in [0.3, 0.4) is 0 Å². The van der Waals surface area contributed by atoms with Crippen LogP contribution in [0.5, 0.6) is 0 Å². The number of fused-ring (bicyclic) bond motifs is 3. The van der Waals surface area contributed by atoms with Crippen LogP contribution in [0.25, 0.3) is 21.7 Å². The second kappa shape index (κ2) is 5.58. The van der Waals surface area contributed by atoms with Crippen LogP contribution in [0.2, 0.25) is 0 Å². The van der Waals surface area contributed by atoms with Crippen LogP contribution in [-0.4, -0.2) is 30.6 Å². The molecule has 4 nitrogen and oxygen atoms in total. The quantitative estimate of drug-likeness (QED) is 0.772. The summed E-state index contributed by atoms with van der Waals surface area (Å²) in [6.45, 7) is 2.41. The number of ether oxygens (including phenoxy) is 1. The van der Waals surface area contributed by atoms with E-state index in [4.69, 9.17) is 4.74 Å². The first-order valence-corrected chi connectivity index (χ1v) is 6.99. The molecule has 0 aliphatic rings. The van der Waals surface area contributed by atoms with Gasteiger partial charge < -0.3 is 15.0 Å². The third kappa shape index (κ3) is 2.62. The predicted octanol–water partition coefficient (Wildman–Crippen LogP) is 3.09. The Morgan fingerprint density at radius 2 is 2.05 bits per heavy atom. The summed E-state index contributed by atoms with van der Waals surface area (Å²) in [6.07, 6.45) is 0. The van der Waals surface area contributed by atoms with Crippen LogP contribution < -0.4 is 5.32 Å². The number of aromatic amines is 1. The molecule has 21 heavy (non-hydrogen) atoms. The minimum atomic E-state index is -0.111. The average molecular weight is 282 g/mol. The number of carbonyl (C=O) groups is 1. The number of hydrogen-bond donors (Lipinski definition) is 2. The zero-order chi connectivity index (χ0) is 14.8. The lowest BCUT2D eigenvalue weighted by atomic mass is 10.1. The van der Waals surface area contributed by atoms with Crippen LogP contribution in [0, 0.1) is 0 Å². The van der Waals surface area contributed by atoms with Gasteiger partial charge in [-0.25, -0.2) is 0 Å². The van der Waals surface area contributed by atoms with Gasteiger partial charge in [-0.05, 0) is 29.8 Å². The van der Waals surface area contributed by atoms with Gasteiger partial charge in [0.15, 0.2) is 0 Å². The molecule has 108 valence electrons. The van der Waals surface area contributed by atoms with Gasteiger partial charge in [0.25, 0.3) is 5.91 Å². The molecule has 1 atom stereocenters. The summed E-state index contributed by atoms with van der Waals surface area (Å²) < 4.78 is 5.03. The number of H-pyrrole nitrogens is 1. The second-order valence-electron chi connectivity index (χ2n) is 5.26. The maximum absolute atomic E-state index is 12.2. The molecule has 2 aromatic carbocycles. The summed E-state index contributed by atoms with van der Waals surface area (Å²) in [5.74, 6) is -0.111. The van der Waals surface area contributed by atoms with Crippen molar-refractivity contribution in [3.05, 3.63) is 48.2 Å². The van der Waals surface area contributed by atoms with Crippen molar-refractivity contribution >= 4 is 27.6 Å². The van der Waals surface area contributed by atoms with Gasteiger partial charge in [-0.15, -0.1) is 0 Å². The number of hydrogen-bond acceptors (Lipinski definition) is 2. The summed E-state index contributed by atoms with van der Waals surface area (Å²) >= 11 is 0. The fraction of sp³-hybridized carbons (Fsp3) is 0.235. The molecule has 0 aliphatic carbocycles. The fourth-order valence-corrected chi connectivity index (χ4v) is 2.60. The first-order valence-electron chi connectivity index (χ1n) is 6.99. The van der Waals surface area contributed by atoms with Gasteiger partial charge in [-0.3, -0.25) is 4.79 Å². The Morgan fingerprint density at radius 3 is 2.86 bits per heavy atom. The summed E-state index contributed by atoms with van der Waals surface area (Å²) in [6, 6.07) is 14.1. The van der Waals surface area contributed by atoms with Crippen molar-refractivity contribution in [2.24, 2.45) is 0 Å². The lowest BCUT2D eigenvalue weighted by Gasteiger charge is -2.11. The molecule has 0 radical (unpaired) electrons. The minimum absolute atomic E-state index is 0.0225. The summed E-state index contributed by atoms with van der Waals surface area (Å²) in [4.78, 5) is 15.4. The van der Waals surface area contributed by atoms with E-state index in [1.54, 1.807) is 7.11 Å². The van der Waals surface area contributed by atoms with Crippen LogP contribution >= 0.6 is 0 Å². The number of nitrogens with one attached hydrogen (secondary N) is 2. The van der Waals surface area contributed by atoms with Crippen molar-refractivity contribution in [3.63, 3.8) is 0 Å². The highest BCUT2D eigenvalue weighted by Crippen LogP contribution is 2.25. The maximum atomic E-state index is 12.2. The van der Waals surface area contributed by atoms with Gasteiger partial charge >= 0.3 is 0 Å². The number of carbonyl (C=O) groups excluding carboxylic acids is 1. The number of benzene rings is 2. The van der Waals surface area contributed by atoms with E-state index >= 15 is 0 Å². The molecule has 1 heterocycles. The van der Waals surface area contributed by atoms with E-state index in [-0.39, 0.29) is 11.9 Å². The highest BCUT2D eigenvalue weighted by atomic mass is 16.5. The second-order valence-corrected chi connectivity index (χ2v) is 5.26. The number of aromatic nitrogens is 1. The normalized spacial score (nSPS) is 12.7. The van der Waals surface area contributed by atoms with Crippen molar-refractivity contribution in [1.82, 2.24) is 10.3 Å². The third-order valence-corrected chi connectivity index (χ3v) is 3.57. The first kappa shape index (κ1) is 13.6. The molecule has 0 aliphatic heterocycles. The molecular formula is C17H18N2O2. The average Bonchev–Trinajstić information content (AvgIpc) is 2.92. The molecule has 1 amide bonds. The Bertz CT molecular complexity index is 792. The van der Waals surface area contributed by atoms with E-state index in [2.05, 4.69) is 28.5 Å². The molecule has 3 aromatic rings. The molecule has 2 N–H and O–H groups in total. The molecular weight excluding hydrogens is 264 g/mol. The Kier molecular flexibility index (Phi) is 3.62. The van der Waals surface area contributed by atoms with Gasteiger partial charge in [-0.2, -0.15) is 0 Å². The van der Waals surface area contributed by atoms with Crippen LogP contribution in [0.1, 0.15) is 17.4 Å². The molecule has 0 saturated heterocycles. The minimum Gasteiger partial charge on any atom is -0.383 e. The van der Waals surface area contributed by atoms with Crippen molar-refractivity contribution in [3.8, 4) is 0 Å². The fourth-order valence-electron chi connectivity index (χ4n) is 2.60. The summed E-state index contributed by atoms with van der Waals surface area (Å²) in [5, 5.41) is 6.30. The van der Waals surface area contributed by atoms with Crippen molar-refractivity contribution in [2.45, 2.75) is 13.0 Å². The summed E-state index contributed by atoms with van der Waals surface area (Å²) in [7, 11) is 1.62. The Morgan fingerprint density at radius 1 is 1.24 bits per heavy atom. The molecule has 0 saturated carbocycles. The molecule has 3 rings (SSSR count). The molecule has 0 fully saturated rings. The Labute approximate surface area is 123 Å². The van der Waals surface area contributed by atoms with Gasteiger partial charge in [-0.1, -0.05) is 30.3 Å². The number of methoxy groups -OCH3 is 1. The highest BCUT2D eigenvalue weighted by molar-refractivity contribution is 6.09. The van der Waals surface area contributed by atoms with Crippen LogP contribution in [0.4, 0.5) is 0 Å². The molecule has 0 unspecified atom stereocenters. The van der Waals surface area contributed by atoms with E-state index in [1.165, 1.54) is 5.39 Å². The van der Waals surface area contributed by atoms with E-state index in [0.717, 1.165) is 16.3 Å². The zero-order valence-corrected chi connectivity index (χ0v) is 12.1. The monoisotopic (exact) mass is 282 g/mol. The zero-order valence-electron chi connectivity index (χ0n) is 12.1. The van der Waals surface area contributed by atoms with Gasteiger partial charge in [0.1, 0.15) is 5.69 Å². The highest BCUT2D eigenvalue weighted by Gasteiger charge is 2.13. The maximum Gasteiger partial charge on any atom is 0.268 e. The number of amides is 1. The Balaban J connectivity index is 1.97. The van der Waals surface area contributed by atoms with Crippen molar-refractivity contribution in [1.29, 1.82) is 0 Å². The Hall–Kier alpha value is -2.33. The molecule has 1 aromatic heterocycles. The smallest absolute Gasteiger partial charge is 0.268 e. The van der Waals surface area contributed by atoms with Gasteiger partial charge in [0.05, 0.1) is 6.61 Å². The van der Waals surface area contributed by atoms with Crippen LogP contribution in [0.15, 0.2) is 42.5 Å². The first-order chi connectivity index (χ1) is 10.2. The standard InChI is InChI=1S/C17H18N2O2/c1-11(10-21-2)18-17(20)16-9-14-13-6-4-3-5-12(13)7-8-15(14)19-16/h3-9,11,19H,10H2,1-2H3,(H,18,20)/t11-/m1/s1. The third-order valence-electron chi connectivity index (χ3n) is 3.57. The number of rotatable bonds is 4. The lowest BCUT2D eigenvalue weighted by molar-refractivity contribution is 0.0901. The SMILES string of the molecule is COC[C@@H](C)NC(=O)c1cc2c(ccc3ccccc32)[nH]1. The van der Waals surface area contributed by atoms with E-state index in [1.807, 2.05) is 31.2 Å². The predicted molar refractivity (Wildman–Crippen MR) is 84.6 cm³/mol. The van der Waals surface area contributed by atoms with Gasteiger partial charge in [0, 0.05) is 24.1 Å². The van der Waals surface area contributed by atoms with E-state index < -0.39 is 0 Å². The van der Waals surface area contributed by atoms with Gasteiger partial charge in [0.2, 0.25) is 0 Å². The largest absolute Gasteiger partial charge is 0.383 e. The van der Waals surface area contributed by atoms with Crippen molar-refractivity contribution < 1.29 is 9.53 Å². The van der Waals surface area contributed by atoms with E-state index in [9.17, 15) is 4.79 Å². The van der Waals surface area contributed by atoms with Crippen LogP contribution in [-0.2, 0) is 4.74 Å². The lowest BCUT2D eigenvalue weighted by Crippen LogP contribution is -2.35. The molecule has 4 heteroatoms. The summed E-state index contributed by atoms with van der Waals surface area (Å²) in [5.41, 5.74) is 1.54. The molecule has 0 spiro atoms. The topological polar surface area (TPSA) is 54.1 Å². The van der Waals surface area contributed by atoms with Crippen molar-refractivity contribution in [2.75, 3.05) is 13.7 Å². The van der Waals surface area contributed by atoms with E-state index in [0.29, 0.717) is 12.3 Å².